The van der Waals surface area contributed by atoms with E-state index in [0.29, 0.717) is 15.2 Å². The monoisotopic (exact) mass is 459 g/mol. The van der Waals surface area contributed by atoms with Gasteiger partial charge in [0.1, 0.15) is 12.4 Å². The maximum Gasteiger partial charge on any atom is 0.360 e. The predicted octanol–water partition coefficient (Wildman–Crippen LogP) is 2.20. The third kappa shape index (κ3) is 5.14. The fraction of sp³-hybridized carbons (Fsp3) is 0.143. The van der Waals surface area contributed by atoms with E-state index in [-0.39, 0.29) is 23.6 Å². The zero-order valence-corrected chi connectivity index (χ0v) is 17.9. The van der Waals surface area contributed by atoms with E-state index in [1.807, 2.05) is 6.07 Å². The van der Waals surface area contributed by atoms with E-state index in [0.717, 1.165) is 11.8 Å². The van der Waals surface area contributed by atoms with Crippen LogP contribution in [-0.4, -0.2) is 48.7 Å². The van der Waals surface area contributed by atoms with Crippen molar-refractivity contribution in [3.8, 4) is 5.75 Å². The number of esters is 1. The highest BCUT2D eigenvalue weighted by Gasteiger charge is 2.33. The Kier molecular flexibility index (Phi) is 7.25. The van der Waals surface area contributed by atoms with E-state index < -0.39 is 22.0 Å². The zero-order valence-electron chi connectivity index (χ0n) is 17.0. The normalized spacial score (nSPS) is 14.3. The van der Waals surface area contributed by atoms with Gasteiger partial charge >= 0.3 is 12.0 Å². The van der Waals surface area contributed by atoms with Crippen LogP contribution in [-0.2, 0) is 26.2 Å². The zero-order chi connectivity index (χ0) is 23.1. The number of ether oxygens (including phenoxy) is 2. The molecule has 0 aliphatic carbocycles. The fourth-order valence-corrected chi connectivity index (χ4v) is 4.17. The summed E-state index contributed by atoms with van der Waals surface area (Å²) in [6.07, 6.45) is 3.59. The molecule has 0 aromatic heterocycles. The number of sulfonamides is 1. The number of urea groups is 1. The van der Waals surface area contributed by atoms with E-state index in [4.69, 9.17) is 14.7 Å². The second kappa shape index (κ2) is 10.1. The van der Waals surface area contributed by atoms with Crippen LogP contribution in [0.25, 0.3) is 0 Å². The first-order valence-corrected chi connectivity index (χ1v) is 10.8. The smallest absolute Gasteiger partial charge is 0.360 e. The number of hydrogen-bond donors (Lipinski definition) is 2. The summed E-state index contributed by atoms with van der Waals surface area (Å²) in [6.45, 7) is -0.343. The Labute approximate surface area is 184 Å². The lowest BCUT2D eigenvalue weighted by Gasteiger charge is -2.29. The molecule has 32 heavy (non-hydrogen) atoms. The van der Waals surface area contributed by atoms with Crippen molar-refractivity contribution in [3.63, 3.8) is 0 Å². The van der Waals surface area contributed by atoms with Crippen LogP contribution in [0.4, 0.5) is 4.79 Å². The van der Waals surface area contributed by atoms with Crippen molar-refractivity contribution in [2.75, 3.05) is 13.7 Å². The Bertz CT molecular complexity index is 1130. The summed E-state index contributed by atoms with van der Waals surface area (Å²) < 4.78 is 37.3. The van der Waals surface area contributed by atoms with Gasteiger partial charge in [-0.3, -0.25) is 5.21 Å². The van der Waals surface area contributed by atoms with Gasteiger partial charge in [0, 0.05) is 6.20 Å². The summed E-state index contributed by atoms with van der Waals surface area (Å²) in [5, 5.41) is 9.71. The van der Waals surface area contributed by atoms with Gasteiger partial charge in [0.25, 0.3) is 10.0 Å². The Morgan fingerprint density at radius 1 is 1.09 bits per heavy atom. The summed E-state index contributed by atoms with van der Waals surface area (Å²) in [7, 11) is -2.79. The van der Waals surface area contributed by atoms with Crippen LogP contribution >= 0.6 is 0 Å². The molecule has 10 nitrogen and oxygen atoms in total. The average molecular weight is 459 g/mol. The largest absolute Gasteiger partial charge is 0.497 e. The molecular formula is C21H21N3O7S. The quantitative estimate of drug-likeness (QED) is 0.385. The van der Waals surface area contributed by atoms with E-state index in [2.05, 4.69) is 0 Å². The number of hydrazine groups is 1. The molecule has 0 fully saturated rings. The third-order valence-corrected chi connectivity index (χ3v) is 6.24. The molecule has 0 saturated carbocycles. The van der Waals surface area contributed by atoms with Gasteiger partial charge < -0.3 is 9.47 Å². The molecule has 2 aromatic rings. The van der Waals surface area contributed by atoms with Gasteiger partial charge in [-0.25, -0.2) is 28.5 Å². The summed E-state index contributed by atoms with van der Waals surface area (Å²) in [6, 6.07) is 13.4. The van der Waals surface area contributed by atoms with Crippen molar-refractivity contribution in [1.82, 2.24) is 14.9 Å². The Morgan fingerprint density at radius 2 is 1.78 bits per heavy atom. The first-order chi connectivity index (χ1) is 15.4. The van der Waals surface area contributed by atoms with Crippen LogP contribution in [0.1, 0.15) is 5.56 Å². The molecule has 168 valence electrons. The molecule has 11 heteroatoms. The SMILES string of the molecule is COc1ccc(S(=O)(=O)N2CC=C(C(=O)OCc3ccccc3)C=CN2C(=O)NO)cc1. The maximum atomic E-state index is 13.2. The fourth-order valence-electron chi connectivity index (χ4n) is 2.82. The van der Waals surface area contributed by atoms with Gasteiger partial charge in [0.05, 0.1) is 24.1 Å². The highest BCUT2D eigenvalue weighted by atomic mass is 32.2. The third-order valence-electron chi connectivity index (χ3n) is 4.49. The highest BCUT2D eigenvalue weighted by molar-refractivity contribution is 7.89. The first-order valence-electron chi connectivity index (χ1n) is 9.36. The molecule has 3 rings (SSSR count). The van der Waals surface area contributed by atoms with E-state index in [1.54, 1.807) is 24.3 Å². The topological polar surface area (TPSA) is 125 Å². The number of nitrogens with zero attached hydrogens (tertiary/aromatic N) is 2. The minimum atomic E-state index is -4.24. The van der Waals surface area contributed by atoms with Crippen LogP contribution in [0.15, 0.2) is 83.4 Å². The predicted molar refractivity (Wildman–Crippen MR) is 113 cm³/mol. The van der Waals surface area contributed by atoms with Crippen LogP contribution in [0, 0.1) is 0 Å². The van der Waals surface area contributed by atoms with Crippen LogP contribution in [0.5, 0.6) is 5.75 Å². The molecule has 0 spiro atoms. The second-order valence-corrected chi connectivity index (χ2v) is 8.33. The molecule has 1 aliphatic heterocycles. The lowest BCUT2D eigenvalue weighted by molar-refractivity contribution is -0.139. The standard InChI is InChI=1S/C21H21N3O7S/c1-30-18-7-9-19(10-8-18)32(28,29)24-14-12-17(11-13-23(24)21(26)22-27)20(25)31-15-16-5-3-2-4-6-16/h2-13,27H,14-15H2,1H3,(H,22,26). The second-order valence-electron chi connectivity index (χ2n) is 6.48. The van der Waals surface area contributed by atoms with Crippen LogP contribution in [0.3, 0.4) is 0 Å². The van der Waals surface area contributed by atoms with Crippen molar-refractivity contribution < 1.29 is 32.7 Å². The van der Waals surface area contributed by atoms with Gasteiger partial charge in [-0.2, -0.15) is 0 Å². The van der Waals surface area contributed by atoms with Gasteiger partial charge in [-0.1, -0.05) is 40.8 Å². The van der Waals surface area contributed by atoms with Crippen LogP contribution in [0.2, 0.25) is 0 Å². The molecule has 0 saturated heterocycles. The van der Waals surface area contributed by atoms with E-state index in [9.17, 15) is 18.0 Å². The van der Waals surface area contributed by atoms with Crippen molar-refractivity contribution in [2.24, 2.45) is 0 Å². The summed E-state index contributed by atoms with van der Waals surface area (Å²) in [4.78, 5) is 24.5. The number of carbonyl (C=O) groups is 2. The number of methoxy groups -OCH3 is 1. The summed E-state index contributed by atoms with van der Waals surface area (Å²) >= 11 is 0. The summed E-state index contributed by atoms with van der Waals surface area (Å²) in [5.74, 6) is -0.244. The molecule has 2 amide bonds. The van der Waals surface area contributed by atoms with Gasteiger partial charge in [0.15, 0.2) is 0 Å². The number of hydrogen-bond acceptors (Lipinski definition) is 7. The molecule has 1 aliphatic rings. The van der Waals surface area contributed by atoms with Crippen molar-refractivity contribution in [1.29, 1.82) is 0 Å². The number of nitrogens with one attached hydrogen (secondary N) is 1. The lowest BCUT2D eigenvalue weighted by Crippen LogP contribution is -2.49. The number of rotatable bonds is 6. The van der Waals surface area contributed by atoms with Crippen LogP contribution < -0.4 is 10.2 Å². The Hall–Kier alpha value is -3.67. The maximum absolute atomic E-state index is 13.2. The number of amides is 2. The van der Waals surface area contributed by atoms with Crippen molar-refractivity contribution >= 4 is 22.0 Å². The molecule has 0 bridgehead atoms. The van der Waals surface area contributed by atoms with Crippen molar-refractivity contribution in [2.45, 2.75) is 11.5 Å². The molecular weight excluding hydrogens is 438 g/mol. The number of hydroxylamine groups is 1. The van der Waals surface area contributed by atoms with Crippen molar-refractivity contribution in [3.05, 3.63) is 84.1 Å². The van der Waals surface area contributed by atoms with Gasteiger partial charge in [0.2, 0.25) is 0 Å². The lowest BCUT2D eigenvalue weighted by atomic mass is 10.2. The average Bonchev–Trinajstić information content (AvgIpc) is 3.06. The Balaban J connectivity index is 1.85. The summed E-state index contributed by atoms with van der Waals surface area (Å²) in [5.41, 5.74) is 2.22. The first kappa shape index (κ1) is 23.0. The molecule has 1 heterocycles. The molecule has 0 atom stereocenters. The minimum Gasteiger partial charge on any atom is -0.497 e. The number of benzene rings is 2. The van der Waals surface area contributed by atoms with E-state index >= 15 is 0 Å². The highest BCUT2D eigenvalue weighted by Crippen LogP contribution is 2.23. The van der Waals surface area contributed by atoms with Gasteiger partial charge in [-0.05, 0) is 35.9 Å². The minimum absolute atomic E-state index is 0.0273. The number of carbonyl (C=O) groups excluding carboxylic acids is 2. The molecule has 0 radical (unpaired) electrons. The molecule has 0 unspecified atom stereocenters. The Morgan fingerprint density at radius 3 is 2.41 bits per heavy atom. The molecule has 2 aromatic carbocycles. The van der Waals surface area contributed by atoms with E-state index in [1.165, 1.54) is 49.0 Å². The molecule has 2 N–H and O–H groups in total. The van der Waals surface area contributed by atoms with Gasteiger partial charge in [-0.15, -0.1) is 0 Å².